The van der Waals surface area contributed by atoms with Crippen LogP contribution in [0.5, 0.6) is 6.01 Å². The number of alkyl halides is 3. The van der Waals surface area contributed by atoms with Crippen LogP contribution in [0.25, 0.3) is 0 Å². The molecule has 0 spiro atoms. The number of benzene rings is 1. The number of halogens is 3. The highest BCUT2D eigenvalue weighted by molar-refractivity contribution is 5.63. The first kappa shape index (κ1) is 19.5. The van der Waals surface area contributed by atoms with Gasteiger partial charge in [-0.1, -0.05) is 31.9 Å². The number of ether oxygens (including phenoxy) is 1. The molecular formula is C20H24F3N3O. The van der Waals surface area contributed by atoms with Crippen LogP contribution in [0.2, 0.25) is 0 Å². The molecule has 4 nitrogen and oxygen atoms in total. The molecule has 0 saturated heterocycles. The third-order valence-corrected chi connectivity index (χ3v) is 4.89. The maximum Gasteiger partial charge on any atom is 0.421 e. The van der Waals surface area contributed by atoms with Crippen LogP contribution in [-0.4, -0.2) is 23.6 Å². The van der Waals surface area contributed by atoms with E-state index in [1.54, 1.807) is 13.1 Å². The van der Waals surface area contributed by atoms with Crippen LogP contribution in [0.1, 0.15) is 56.1 Å². The second-order valence-electron chi connectivity index (χ2n) is 6.87. The van der Waals surface area contributed by atoms with E-state index in [0.717, 1.165) is 25.5 Å². The summed E-state index contributed by atoms with van der Waals surface area (Å²) in [5, 5.41) is 0. The Bertz CT molecular complexity index is 773. The van der Waals surface area contributed by atoms with Crippen molar-refractivity contribution < 1.29 is 17.9 Å². The Kier molecular flexibility index (Phi) is 5.87. The average molecular weight is 379 g/mol. The second kappa shape index (κ2) is 8.15. The number of nitrogens with zero attached hydrogens (tertiary/aromatic N) is 3. The Morgan fingerprint density at radius 2 is 1.96 bits per heavy atom. The fourth-order valence-electron chi connectivity index (χ4n) is 3.44. The topological polar surface area (TPSA) is 38.2 Å². The minimum atomic E-state index is -4.55. The molecule has 1 aromatic heterocycles. The predicted octanol–water partition coefficient (Wildman–Crippen LogP) is 5.71. The fourth-order valence-corrected chi connectivity index (χ4v) is 3.44. The van der Waals surface area contributed by atoms with Gasteiger partial charge in [0.25, 0.3) is 0 Å². The number of hydrogen-bond donors (Lipinski definition) is 0. The van der Waals surface area contributed by atoms with Crippen LogP contribution in [0.4, 0.5) is 24.7 Å². The molecule has 7 heteroatoms. The zero-order chi connectivity index (χ0) is 19.4. The van der Waals surface area contributed by atoms with Gasteiger partial charge < -0.3 is 9.64 Å². The van der Waals surface area contributed by atoms with Crippen LogP contribution >= 0.6 is 0 Å². The molecule has 0 radical (unpaired) electrons. The van der Waals surface area contributed by atoms with Crippen molar-refractivity contribution in [2.75, 3.05) is 18.6 Å². The summed E-state index contributed by atoms with van der Waals surface area (Å²) < 4.78 is 45.8. The largest absolute Gasteiger partial charge is 0.463 e. The van der Waals surface area contributed by atoms with E-state index in [2.05, 4.69) is 9.97 Å². The van der Waals surface area contributed by atoms with Crippen LogP contribution in [-0.2, 0) is 6.18 Å². The predicted molar refractivity (Wildman–Crippen MR) is 98.5 cm³/mol. The lowest BCUT2D eigenvalue weighted by Gasteiger charge is -2.23. The lowest BCUT2D eigenvalue weighted by atomic mass is 9.97. The van der Waals surface area contributed by atoms with Crippen molar-refractivity contribution in [1.29, 1.82) is 0 Å². The monoisotopic (exact) mass is 379 g/mol. The van der Waals surface area contributed by atoms with E-state index in [9.17, 15) is 13.2 Å². The van der Waals surface area contributed by atoms with Crippen LogP contribution in [0.15, 0.2) is 30.5 Å². The first-order chi connectivity index (χ1) is 12.9. The molecule has 0 aliphatic heterocycles. The number of aromatic nitrogens is 2. The second-order valence-corrected chi connectivity index (χ2v) is 6.87. The third-order valence-electron chi connectivity index (χ3n) is 4.89. The average Bonchev–Trinajstić information content (AvgIpc) is 3.19. The smallest absolute Gasteiger partial charge is 0.421 e. The molecule has 2 aromatic rings. The Morgan fingerprint density at radius 3 is 2.63 bits per heavy atom. The van der Waals surface area contributed by atoms with Gasteiger partial charge in [0, 0.05) is 18.9 Å². The normalized spacial score (nSPS) is 15.1. The van der Waals surface area contributed by atoms with Crippen molar-refractivity contribution >= 4 is 11.5 Å². The lowest BCUT2D eigenvalue weighted by molar-refractivity contribution is -0.137. The lowest BCUT2D eigenvalue weighted by Crippen LogP contribution is -2.19. The standard InChI is InChI=1S/C20H24F3N3O/c1-3-11-27-19-24-13-17(20(21,22)23)18(25-19)26(2)16-10-6-9-15(12-16)14-7-4-5-8-14/h6,9-10,12-14H,3-5,7-8,11H2,1-2H3. The zero-order valence-corrected chi connectivity index (χ0v) is 15.6. The minimum absolute atomic E-state index is 0.0429. The summed E-state index contributed by atoms with van der Waals surface area (Å²) in [7, 11) is 1.59. The van der Waals surface area contributed by atoms with E-state index >= 15 is 0 Å². The Balaban J connectivity index is 1.96. The van der Waals surface area contributed by atoms with Crippen molar-refractivity contribution in [2.24, 2.45) is 0 Å². The third kappa shape index (κ3) is 4.51. The molecule has 0 atom stereocenters. The highest BCUT2D eigenvalue weighted by atomic mass is 19.4. The maximum atomic E-state index is 13.5. The van der Waals surface area contributed by atoms with Crippen LogP contribution in [0, 0.1) is 0 Å². The summed E-state index contributed by atoms with van der Waals surface area (Å²) in [6, 6.07) is 7.66. The van der Waals surface area contributed by atoms with Gasteiger partial charge in [0.1, 0.15) is 5.56 Å². The summed E-state index contributed by atoms with van der Waals surface area (Å²) in [5.41, 5.74) is 0.965. The molecule has 0 unspecified atom stereocenters. The first-order valence-corrected chi connectivity index (χ1v) is 9.31. The minimum Gasteiger partial charge on any atom is -0.463 e. The van der Waals surface area contributed by atoms with Crippen molar-refractivity contribution in [1.82, 2.24) is 9.97 Å². The highest BCUT2D eigenvalue weighted by Crippen LogP contribution is 2.39. The molecular weight excluding hydrogens is 355 g/mol. The van der Waals surface area contributed by atoms with E-state index in [1.165, 1.54) is 23.3 Å². The summed E-state index contributed by atoms with van der Waals surface area (Å²) >= 11 is 0. The number of hydrogen-bond acceptors (Lipinski definition) is 4. The van der Waals surface area contributed by atoms with Gasteiger partial charge in [0.2, 0.25) is 0 Å². The van der Waals surface area contributed by atoms with Gasteiger partial charge in [-0.2, -0.15) is 18.2 Å². The van der Waals surface area contributed by atoms with Gasteiger partial charge in [-0.05, 0) is 42.9 Å². The molecule has 1 aliphatic rings. The zero-order valence-electron chi connectivity index (χ0n) is 15.6. The molecule has 146 valence electrons. The molecule has 1 aliphatic carbocycles. The summed E-state index contributed by atoms with van der Waals surface area (Å²) in [4.78, 5) is 9.23. The van der Waals surface area contributed by atoms with Gasteiger partial charge in [0.15, 0.2) is 5.82 Å². The van der Waals surface area contributed by atoms with Crippen LogP contribution in [0.3, 0.4) is 0 Å². The molecule has 1 saturated carbocycles. The SMILES string of the molecule is CCCOc1ncc(C(F)(F)F)c(N(C)c2cccc(C3CCCC3)c2)n1. The molecule has 1 aromatic carbocycles. The van der Waals surface area contributed by atoms with E-state index in [4.69, 9.17) is 4.74 Å². The van der Waals surface area contributed by atoms with Gasteiger partial charge >= 0.3 is 12.2 Å². The van der Waals surface area contributed by atoms with E-state index < -0.39 is 11.7 Å². The molecule has 0 bridgehead atoms. The van der Waals surface area contributed by atoms with Gasteiger partial charge in [0.05, 0.1) is 6.61 Å². The van der Waals surface area contributed by atoms with E-state index in [1.807, 2.05) is 25.1 Å². The summed E-state index contributed by atoms with van der Waals surface area (Å²) in [6.45, 7) is 2.26. The van der Waals surface area contributed by atoms with Crippen molar-refractivity contribution in [3.05, 3.63) is 41.6 Å². The first-order valence-electron chi connectivity index (χ1n) is 9.31. The van der Waals surface area contributed by atoms with E-state index in [-0.39, 0.29) is 11.8 Å². The maximum absolute atomic E-state index is 13.5. The molecule has 3 rings (SSSR count). The summed E-state index contributed by atoms with van der Waals surface area (Å²) in [5.74, 6) is 0.279. The Hall–Kier alpha value is -2.31. The molecule has 1 fully saturated rings. The Labute approximate surface area is 157 Å². The summed E-state index contributed by atoms with van der Waals surface area (Å²) in [6.07, 6.45) is 1.63. The number of anilines is 2. The Morgan fingerprint density at radius 1 is 1.22 bits per heavy atom. The molecule has 0 amide bonds. The highest BCUT2D eigenvalue weighted by Gasteiger charge is 2.37. The fraction of sp³-hybridized carbons (Fsp3) is 0.500. The van der Waals surface area contributed by atoms with Gasteiger partial charge in [-0.3, -0.25) is 0 Å². The molecule has 27 heavy (non-hydrogen) atoms. The number of rotatable bonds is 6. The molecule has 0 N–H and O–H groups in total. The van der Waals surface area contributed by atoms with Gasteiger partial charge in [-0.25, -0.2) is 4.98 Å². The quantitative estimate of drug-likeness (QED) is 0.644. The van der Waals surface area contributed by atoms with Crippen molar-refractivity contribution in [2.45, 2.75) is 51.1 Å². The van der Waals surface area contributed by atoms with Crippen molar-refractivity contribution in [3.63, 3.8) is 0 Å². The van der Waals surface area contributed by atoms with Crippen molar-refractivity contribution in [3.8, 4) is 6.01 Å². The van der Waals surface area contributed by atoms with Crippen LogP contribution < -0.4 is 9.64 Å². The molecule has 1 heterocycles. The van der Waals surface area contributed by atoms with E-state index in [0.29, 0.717) is 18.2 Å². The van der Waals surface area contributed by atoms with Gasteiger partial charge in [-0.15, -0.1) is 0 Å².